The first-order chi connectivity index (χ1) is 4.22. The molecule has 0 saturated heterocycles. The van der Waals surface area contributed by atoms with Crippen LogP contribution in [0.25, 0.3) is 0 Å². The first kappa shape index (κ1) is 10.6. The van der Waals surface area contributed by atoms with Gasteiger partial charge in [-0.1, -0.05) is 0 Å². The second kappa shape index (κ2) is 4.45. The average molecular weight is 298 g/mol. The predicted octanol–water partition coefficient (Wildman–Crippen LogP) is 2.09. The molecule has 0 aliphatic rings. The number of hydrogen-bond donors (Lipinski definition) is 0. The Hall–Kier alpha value is 0.573. The van der Waals surface area contributed by atoms with Crippen LogP contribution < -0.4 is 4.16 Å². The molecule has 2 heteroatoms. The number of benzene rings is 1. The van der Waals surface area contributed by atoms with Crippen LogP contribution >= 0.6 is 24.0 Å². The molecule has 0 aliphatic carbocycles. The van der Waals surface area contributed by atoms with Crippen LogP contribution in [0.1, 0.15) is 11.1 Å². The minimum Gasteiger partial charge on any atom is -0.107 e. The van der Waals surface area contributed by atoms with Gasteiger partial charge in [0.1, 0.15) is 0 Å². The van der Waals surface area contributed by atoms with Gasteiger partial charge in [-0.25, -0.2) is 0 Å². The molecule has 0 spiro atoms. The monoisotopic (exact) mass is 297 g/mol. The third-order valence-electron chi connectivity index (χ3n) is 1.64. The molecule has 0 fully saturated rings. The maximum atomic E-state index is 2.17. The van der Waals surface area contributed by atoms with Gasteiger partial charge in [0.05, 0.1) is 0 Å². The van der Waals surface area contributed by atoms with Gasteiger partial charge >= 0.3 is 65.6 Å². The number of halogens is 1. The van der Waals surface area contributed by atoms with Crippen LogP contribution in [0, 0.1) is 13.8 Å². The molecule has 0 atom stereocenters. The summed E-state index contributed by atoms with van der Waals surface area (Å²) in [6.07, 6.45) is 0. The van der Waals surface area contributed by atoms with Crippen molar-refractivity contribution >= 4 is 28.1 Å². The largest absolute Gasteiger partial charge is 0.107 e. The number of rotatable bonds is 0. The Bertz CT molecular complexity index is 200. The molecule has 0 bridgehead atoms. The van der Waals surface area contributed by atoms with Gasteiger partial charge in [0, 0.05) is 0 Å². The normalized spacial score (nSPS) is 8.80. The van der Waals surface area contributed by atoms with Crippen LogP contribution in [-0.4, -0.2) is 0 Å². The van der Waals surface area contributed by atoms with Crippen molar-refractivity contribution in [2.24, 2.45) is 0 Å². The van der Waals surface area contributed by atoms with E-state index in [0.717, 1.165) is 0 Å². The molecule has 1 aromatic rings. The maximum absolute atomic E-state index is 2.17. The van der Waals surface area contributed by atoms with Crippen molar-refractivity contribution in [2.75, 3.05) is 0 Å². The first-order valence-corrected chi connectivity index (χ1v) is 4.58. The van der Waals surface area contributed by atoms with Crippen molar-refractivity contribution in [3.8, 4) is 0 Å². The quantitative estimate of drug-likeness (QED) is 0.508. The fourth-order valence-corrected chi connectivity index (χ4v) is 1.34. The summed E-state index contributed by atoms with van der Waals surface area (Å²) in [4.78, 5) is 0. The van der Waals surface area contributed by atoms with Crippen molar-refractivity contribution in [3.05, 3.63) is 29.3 Å². The van der Waals surface area contributed by atoms with Crippen molar-refractivity contribution in [2.45, 2.75) is 13.8 Å². The Morgan fingerprint density at radius 3 is 1.80 bits per heavy atom. The summed E-state index contributed by atoms with van der Waals surface area (Å²) in [5.41, 5.74) is 2.88. The van der Waals surface area contributed by atoms with Crippen LogP contribution in [0.15, 0.2) is 18.2 Å². The van der Waals surface area contributed by atoms with Gasteiger partial charge in [0.25, 0.3) is 0 Å². The topological polar surface area (TPSA) is 0 Å². The molecule has 0 amide bonds. The van der Waals surface area contributed by atoms with E-state index in [4.69, 9.17) is 0 Å². The molecule has 51 valence electrons. The molecule has 1 aromatic carbocycles. The summed E-state index contributed by atoms with van der Waals surface area (Å²) >= 11 is 1.28. The summed E-state index contributed by atoms with van der Waals surface area (Å²) in [5, 5.41) is 0. The van der Waals surface area contributed by atoms with Crippen molar-refractivity contribution in [1.82, 2.24) is 0 Å². The summed E-state index contributed by atoms with van der Waals surface area (Å²) < 4.78 is 1.54. The standard InChI is InChI=1S/C8H9.HI.Zn/c1-7-4-3-5-8(2)6-7;;/h3-5H,1-2H3;1H;. The molecule has 0 unspecified atom stereocenters. The SMILES string of the molecule is Cc1cccc(C)[c]1[Zn].I. The zero-order valence-electron chi connectivity index (χ0n) is 6.35. The Morgan fingerprint density at radius 2 is 1.50 bits per heavy atom. The van der Waals surface area contributed by atoms with E-state index in [2.05, 4.69) is 32.0 Å². The number of aryl methyl sites for hydroxylation is 2. The van der Waals surface area contributed by atoms with Gasteiger partial charge in [-0.15, -0.1) is 24.0 Å². The Morgan fingerprint density at radius 1 is 1.10 bits per heavy atom. The van der Waals surface area contributed by atoms with Crippen molar-refractivity contribution in [3.63, 3.8) is 0 Å². The van der Waals surface area contributed by atoms with E-state index in [9.17, 15) is 0 Å². The molecule has 0 N–H and O–H groups in total. The Kier molecular flexibility index (Phi) is 4.71. The Balaban J connectivity index is 0.000000810. The van der Waals surface area contributed by atoms with Gasteiger partial charge in [0.15, 0.2) is 0 Å². The van der Waals surface area contributed by atoms with Crippen molar-refractivity contribution < 1.29 is 18.3 Å². The van der Waals surface area contributed by atoms with Crippen LogP contribution in [-0.2, 0) is 18.3 Å². The van der Waals surface area contributed by atoms with Gasteiger partial charge in [0.2, 0.25) is 0 Å². The van der Waals surface area contributed by atoms with E-state index in [1.54, 1.807) is 0 Å². The third kappa shape index (κ3) is 2.32. The maximum Gasteiger partial charge on any atom is -0.107 e. The molecule has 0 nitrogen and oxygen atoms in total. The van der Waals surface area contributed by atoms with Gasteiger partial charge in [-0.05, 0) is 0 Å². The molecular weight excluding hydrogens is 288 g/mol. The predicted molar refractivity (Wildman–Crippen MR) is 51.0 cm³/mol. The van der Waals surface area contributed by atoms with E-state index in [1.165, 1.54) is 33.6 Å². The third-order valence-corrected chi connectivity index (χ3v) is 3.98. The molecule has 0 heterocycles. The van der Waals surface area contributed by atoms with Crippen molar-refractivity contribution in [1.29, 1.82) is 0 Å². The van der Waals surface area contributed by atoms with Crippen LogP contribution in [0.2, 0.25) is 0 Å². The molecular formula is C8H10IZn. The molecule has 0 aromatic heterocycles. The number of hydrogen-bond acceptors (Lipinski definition) is 0. The molecule has 0 saturated carbocycles. The molecule has 0 radical (unpaired) electrons. The molecule has 10 heavy (non-hydrogen) atoms. The van der Waals surface area contributed by atoms with Gasteiger partial charge in [-0.2, -0.15) is 0 Å². The summed E-state index contributed by atoms with van der Waals surface area (Å²) in [6, 6.07) is 6.46. The molecule has 1 rings (SSSR count). The van der Waals surface area contributed by atoms with Crippen LogP contribution in [0.3, 0.4) is 0 Å². The zero-order valence-corrected chi connectivity index (χ0v) is 11.6. The minimum atomic E-state index is 0. The van der Waals surface area contributed by atoms with E-state index in [-0.39, 0.29) is 24.0 Å². The Labute approximate surface area is 89.1 Å². The van der Waals surface area contributed by atoms with E-state index in [1.807, 2.05) is 0 Å². The van der Waals surface area contributed by atoms with E-state index < -0.39 is 0 Å². The second-order valence-corrected chi connectivity index (χ2v) is 3.85. The summed E-state index contributed by atoms with van der Waals surface area (Å²) in [6.45, 7) is 4.34. The molecule has 0 aliphatic heterocycles. The fourth-order valence-electron chi connectivity index (χ4n) is 0.849. The van der Waals surface area contributed by atoms with E-state index in [0.29, 0.717) is 0 Å². The smallest absolute Gasteiger partial charge is 0.107 e. The van der Waals surface area contributed by atoms with Crippen LogP contribution in [0.4, 0.5) is 0 Å². The van der Waals surface area contributed by atoms with Crippen LogP contribution in [0.5, 0.6) is 0 Å². The van der Waals surface area contributed by atoms with Gasteiger partial charge < -0.3 is 0 Å². The minimum absolute atomic E-state index is 0. The first-order valence-electron chi connectivity index (χ1n) is 3.10. The van der Waals surface area contributed by atoms with Gasteiger partial charge in [-0.3, -0.25) is 0 Å². The fraction of sp³-hybridized carbons (Fsp3) is 0.250. The summed E-state index contributed by atoms with van der Waals surface area (Å²) in [7, 11) is 0. The zero-order chi connectivity index (χ0) is 6.85. The summed E-state index contributed by atoms with van der Waals surface area (Å²) in [5.74, 6) is 0. The van der Waals surface area contributed by atoms with E-state index >= 15 is 0 Å². The average Bonchev–Trinajstić information content (AvgIpc) is 1.83. The second-order valence-electron chi connectivity index (χ2n) is 2.37.